The number of amides is 1. The lowest BCUT2D eigenvalue weighted by Gasteiger charge is -2.13. The van der Waals surface area contributed by atoms with Crippen molar-refractivity contribution in [3.63, 3.8) is 0 Å². The van der Waals surface area contributed by atoms with Gasteiger partial charge >= 0.3 is 12.1 Å². The standard InChI is InChI=1S/C13H15NO5/c1-17-12(15)6-9-4-2-3-5-11(9)18-8-10-7-14-13(16)19-10/h2-5,10H,6-8H2,1H3,(H,14,16). The quantitative estimate of drug-likeness (QED) is 0.800. The van der Waals surface area contributed by atoms with Crippen molar-refractivity contribution in [2.24, 2.45) is 0 Å². The third-order valence-corrected chi connectivity index (χ3v) is 2.71. The van der Waals surface area contributed by atoms with Crippen LogP contribution in [0.3, 0.4) is 0 Å². The number of carbonyl (C=O) groups is 2. The molecule has 1 heterocycles. The average Bonchev–Trinajstić information content (AvgIpc) is 2.83. The maximum absolute atomic E-state index is 11.3. The normalized spacial score (nSPS) is 17.5. The van der Waals surface area contributed by atoms with E-state index in [1.807, 2.05) is 12.1 Å². The molecule has 0 spiro atoms. The fourth-order valence-electron chi connectivity index (χ4n) is 1.73. The van der Waals surface area contributed by atoms with Gasteiger partial charge in [-0.2, -0.15) is 0 Å². The van der Waals surface area contributed by atoms with Crippen molar-refractivity contribution in [1.29, 1.82) is 0 Å². The van der Waals surface area contributed by atoms with E-state index >= 15 is 0 Å². The van der Waals surface area contributed by atoms with E-state index in [0.717, 1.165) is 5.56 Å². The first-order valence-electron chi connectivity index (χ1n) is 5.91. The first-order chi connectivity index (χ1) is 9.19. The minimum Gasteiger partial charge on any atom is -0.489 e. The average molecular weight is 265 g/mol. The van der Waals surface area contributed by atoms with Gasteiger partial charge in [0.1, 0.15) is 12.4 Å². The van der Waals surface area contributed by atoms with Gasteiger partial charge in [0.15, 0.2) is 6.10 Å². The largest absolute Gasteiger partial charge is 0.489 e. The summed E-state index contributed by atoms with van der Waals surface area (Å²) in [6.45, 7) is 0.676. The number of esters is 1. The zero-order valence-electron chi connectivity index (χ0n) is 10.5. The summed E-state index contributed by atoms with van der Waals surface area (Å²) in [7, 11) is 1.34. The molecule has 1 N–H and O–H groups in total. The molecule has 19 heavy (non-hydrogen) atoms. The second-order valence-corrected chi connectivity index (χ2v) is 4.08. The third kappa shape index (κ3) is 3.61. The Labute approximate surface area is 110 Å². The first kappa shape index (κ1) is 13.2. The summed E-state index contributed by atoms with van der Waals surface area (Å²) in [6, 6.07) is 7.20. The molecule has 1 fully saturated rings. The van der Waals surface area contributed by atoms with Gasteiger partial charge in [-0.25, -0.2) is 4.79 Å². The van der Waals surface area contributed by atoms with E-state index in [-0.39, 0.29) is 25.1 Å². The first-order valence-corrected chi connectivity index (χ1v) is 5.91. The van der Waals surface area contributed by atoms with Crippen LogP contribution >= 0.6 is 0 Å². The minimum atomic E-state index is -0.434. The van der Waals surface area contributed by atoms with Gasteiger partial charge in [-0.05, 0) is 6.07 Å². The van der Waals surface area contributed by atoms with Crippen LogP contribution in [0.15, 0.2) is 24.3 Å². The number of cyclic esters (lactones) is 1. The molecule has 1 atom stereocenters. The Kier molecular flexibility index (Phi) is 4.22. The lowest BCUT2D eigenvalue weighted by Crippen LogP contribution is -2.22. The molecule has 0 aliphatic carbocycles. The summed E-state index contributed by atoms with van der Waals surface area (Å²) in [5.74, 6) is 0.265. The van der Waals surface area contributed by atoms with E-state index in [1.54, 1.807) is 12.1 Å². The molecular weight excluding hydrogens is 250 g/mol. The van der Waals surface area contributed by atoms with E-state index in [0.29, 0.717) is 12.3 Å². The van der Waals surface area contributed by atoms with Crippen LogP contribution in [0, 0.1) is 0 Å². The molecule has 0 saturated carbocycles. The summed E-state index contributed by atoms with van der Waals surface area (Å²) in [4.78, 5) is 22.1. The Morgan fingerprint density at radius 1 is 1.47 bits per heavy atom. The van der Waals surface area contributed by atoms with Crippen molar-refractivity contribution in [3.8, 4) is 5.75 Å². The van der Waals surface area contributed by atoms with Gasteiger partial charge in [-0.15, -0.1) is 0 Å². The maximum Gasteiger partial charge on any atom is 0.407 e. The van der Waals surface area contributed by atoms with Crippen molar-refractivity contribution in [3.05, 3.63) is 29.8 Å². The molecule has 0 bridgehead atoms. The predicted molar refractivity (Wildman–Crippen MR) is 65.9 cm³/mol. The second-order valence-electron chi connectivity index (χ2n) is 4.08. The highest BCUT2D eigenvalue weighted by atomic mass is 16.6. The summed E-state index contributed by atoms with van der Waals surface area (Å²) >= 11 is 0. The highest BCUT2D eigenvalue weighted by Gasteiger charge is 2.23. The molecular formula is C13H15NO5. The van der Waals surface area contributed by atoms with E-state index in [4.69, 9.17) is 9.47 Å². The van der Waals surface area contributed by atoms with Crippen LogP contribution in [0.1, 0.15) is 5.56 Å². The lowest BCUT2D eigenvalue weighted by molar-refractivity contribution is -0.139. The van der Waals surface area contributed by atoms with Crippen LogP contribution in [0.5, 0.6) is 5.75 Å². The smallest absolute Gasteiger partial charge is 0.407 e. The summed E-state index contributed by atoms with van der Waals surface area (Å²) in [6.07, 6.45) is -0.592. The number of methoxy groups -OCH3 is 1. The molecule has 1 aromatic rings. The molecule has 0 aromatic heterocycles. The van der Waals surface area contributed by atoms with Crippen molar-refractivity contribution >= 4 is 12.1 Å². The number of hydrogen-bond donors (Lipinski definition) is 1. The summed E-state index contributed by atoms with van der Waals surface area (Å²) in [5, 5.41) is 2.55. The molecule has 6 heteroatoms. The number of ether oxygens (including phenoxy) is 3. The van der Waals surface area contributed by atoms with Gasteiger partial charge in [0.25, 0.3) is 0 Å². The Morgan fingerprint density at radius 2 is 2.26 bits per heavy atom. The van der Waals surface area contributed by atoms with Crippen molar-refractivity contribution in [2.75, 3.05) is 20.3 Å². The fourth-order valence-corrected chi connectivity index (χ4v) is 1.73. The topological polar surface area (TPSA) is 73.9 Å². The SMILES string of the molecule is COC(=O)Cc1ccccc1OCC1CNC(=O)O1. The van der Waals surface area contributed by atoms with E-state index in [1.165, 1.54) is 7.11 Å². The van der Waals surface area contributed by atoms with E-state index in [2.05, 4.69) is 10.1 Å². The van der Waals surface area contributed by atoms with Gasteiger partial charge < -0.3 is 19.5 Å². The van der Waals surface area contributed by atoms with E-state index < -0.39 is 6.09 Å². The van der Waals surface area contributed by atoms with Crippen LogP contribution in [0.2, 0.25) is 0 Å². The number of alkyl carbamates (subject to hydrolysis) is 1. The molecule has 102 valence electrons. The maximum atomic E-state index is 11.3. The molecule has 1 unspecified atom stereocenters. The monoisotopic (exact) mass is 265 g/mol. The van der Waals surface area contributed by atoms with Gasteiger partial charge in [0.05, 0.1) is 20.1 Å². The van der Waals surface area contributed by atoms with Crippen molar-refractivity contribution in [2.45, 2.75) is 12.5 Å². The molecule has 1 aliphatic heterocycles. The lowest BCUT2D eigenvalue weighted by atomic mass is 10.1. The molecule has 1 aromatic carbocycles. The molecule has 6 nitrogen and oxygen atoms in total. The molecule has 1 aliphatic rings. The zero-order valence-corrected chi connectivity index (χ0v) is 10.5. The number of hydrogen-bond acceptors (Lipinski definition) is 5. The number of para-hydroxylation sites is 1. The highest BCUT2D eigenvalue weighted by Crippen LogP contribution is 2.19. The highest BCUT2D eigenvalue weighted by molar-refractivity contribution is 5.73. The van der Waals surface area contributed by atoms with Crippen LogP contribution in [0.25, 0.3) is 0 Å². The van der Waals surface area contributed by atoms with Gasteiger partial charge in [0.2, 0.25) is 0 Å². The summed E-state index contributed by atoms with van der Waals surface area (Å²) in [5.41, 5.74) is 0.742. The Balaban J connectivity index is 1.95. The minimum absolute atomic E-state index is 0.148. The molecule has 0 radical (unpaired) electrons. The van der Waals surface area contributed by atoms with Crippen LogP contribution in [-0.4, -0.2) is 38.4 Å². The van der Waals surface area contributed by atoms with Crippen LogP contribution in [0.4, 0.5) is 4.79 Å². The van der Waals surface area contributed by atoms with Gasteiger partial charge in [0, 0.05) is 5.56 Å². The van der Waals surface area contributed by atoms with Crippen LogP contribution < -0.4 is 10.1 Å². The van der Waals surface area contributed by atoms with Gasteiger partial charge in [-0.3, -0.25) is 4.79 Å². The van der Waals surface area contributed by atoms with E-state index in [9.17, 15) is 9.59 Å². The van der Waals surface area contributed by atoms with Crippen molar-refractivity contribution in [1.82, 2.24) is 5.32 Å². The Hall–Kier alpha value is -2.24. The molecule has 2 rings (SSSR count). The predicted octanol–water partition coefficient (Wildman–Crippen LogP) is 0.889. The second kappa shape index (κ2) is 6.08. The Morgan fingerprint density at radius 3 is 2.95 bits per heavy atom. The summed E-state index contributed by atoms with van der Waals surface area (Å²) < 4.78 is 15.2. The number of rotatable bonds is 5. The molecule has 1 saturated heterocycles. The van der Waals surface area contributed by atoms with Crippen LogP contribution in [-0.2, 0) is 20.7 Å². The van der Waals surface area contributed by atoms with Gasteiger partial charge in [-0.1, -0.05) is 18.2 Å². The van der Waals surface area contributed by atoms with Crippen molar-refractivity contribution < 1.29 is 23.8 Å². The molecule has 1 amide bonds. The Bertz CT molecular complexity index is 474. The number of carbonyl (C=O) groups excluding carboxylic acids is 2. The zero-order chi connectivity index (χ0) is 13.7. The number of benzene rings is 1. The number of nitrogens with one attached hydrogen (secondary N) is 1. The third-order valence-electron chi connectivity index (χ3n) is 2.71. The fraction of sp³-hybridized carbons (Fsp3) is 0.385.